The van der Waals surface area contributed by atoms with E-state index in [1.54, 1.807) is 5.57 Å². The summed E-state index contributed by atoms with van der Waals surface area (Å²) in [4.78, 5) is 0. The summed E-state index contributed by atoms with van der Waals surface area (Å²) >= 11 is 0. The molecular formula is C21H36KNO3. The molecule has 0 radical (unpaired) electrons. The van der Waals surface area contributed by atoms with Gasteiger partial charge in [-0.15, -0.1) is 13.1 Å². The molecular weight excluding hydrogens is 353 g/mol. The quantitative estimate of drug-likeness (QED) is 0.379. The van der Waals surface area contributed by atoms with Gasteiger partial charge in [0.1, 0.15) is 0 Å². The van der Waals surface area contributed by atoms with Crippen molar-refractivity contribution < 1.29 is 65.6 Å². The van der Waals surface area contributed by atoms with Crippen molar-refractivity contribution in [2.75, 3.05) is 26.3 Å². The SMILES string of the molecule is CC(C)C(C)(C)C1=CCC2(CC1)OCC(CC[N-]CC1CCCO1)O2.[K+]. The van der Waals surface area contributed by atoms with Crippen LogP contribution in [-0.2, 0) is 14.2 Å². The number of hydrogen-bond acceptors (Lipinski definition) is 3. The summed E-state index contributed by atoms with van der Waals surface area (Å²) in [6, 6.07) is 0. The molecule has 1 aliphatic carbocycles. The maximum Gasteiger partial charge on any atom is 1.00 e. The molecule has 3 aliphatic rings. The second-order valence-electron chi connectivity index (χ2n) is 8.82. The van der Waals surface area contributed by atoms with E-state index in [0.29, 0.717) is 18.6 Å². The van der Waals surface area contributed by atoms with Crippen molar-refractivity contribution in [1.82, 2.24) is 0 Å². The molecule has 2 saturated heterocycles. The fourth-order valence-electron chi connectivity index (χ4n) is 4.02. The molecule has 0 amide bonds. The van der Waals surface area contributed by atoms with E-state index in [4.69, 9.17) is 14.2 Å². The fourth-order valence-corrected chi connectivity index (χ4v) is 4.02. The normalized spacial score (nSPS) is 32.1. The third-order valence-corrected chi connectivity index (χ3v) is 6.59. The third-order valence-electron chi connectivity index (χ3n) is 6.59. The van der Waals surface area contributed by atoms with Gasteiger partial charge in [-0.05, 0) is 37.0 Å². The number of allylic oxidation sites excluding steroid dienone is 1. The second kappa shape index (κ2) is 10.3. The molecule has 0 bridgehead atoms. The van der Waals surface area contributed by atoms with Gasteiger partial charge >= 0.3 is 51.4 Å². The topological polar surface area (TPSA) is 41.8 Å². The first-order valence-electron chi connectivity index (χ1n) is 10.2. The van der Waals surface area contributed by atoms with E-state index in [1.807, 2.05) is 0 Å². The minimum atomic E-state index is -0.365. The molecule has 4 nitrogen and oxygen atoms in total. The van der Waals surface area contributed by atoms with Gasteiger partial charge in [0.05, 0.1) is 12.7 Å². The predicted molar refractivity (Wildman–Crippen MR) is 101 cm³/mol. The molecule has 0 aromatic heterocycles. The number of rotatable bonds is 7. The Hall–Kier alpha value is 1.22. The molecule has 0 N–H and O–H groups in total. The Bertz CT molecular complexity index is 474. The van der Waals surface area contributed by atoms with Crippen LogP contribution in [0, 0.1) is 11.3 Å². The van der Waals surface area contributed by atoms with Gasteiger partial charge in [0.25, 0.3) is 0 Å². The van der Waals surface area contributed by atoms with Crippen LogP contribution in [0.2, 0.25) is 0 Å². The van der Waals surface area contributed by atoms with Crippen LogP contribution < -0.4 is 51.4 Å². The van der Waals surface area contributed by atoms with Gasteiger partial charge in [0.2, 0.25) is 0 Å². The summed E-state index contributed by atoms with van der Waals surface area (Å²) < 4.78 is 18.1. The summed E-state index contributed by atoms with van der Waals surface area (Å²) in [6.45, 7) is 12.7. The van der Waals surface area contributed by atoms with Gasteiger partial charge in [-0.25, -0.2) is 0 Å². The van der Waals surface area contributed by atoms with Crippen molar-refractivity contribution >= 4 is 0 Å². The van der Waals surface area contributed by atoms with E-state index < -0.39 is 0 Å². The van der Waals surface area contributed by atoms with E-state index >= 15 is 0 Å². The van der Waals surface area contributed by atoms with E-state index in [2.05, 4.69) is 39.1 Å². The van der Waals surface area contributed by atoms with Gasteiger partial charge in [-0.1, -0.05) is 39.3 Å². The zero-order chi connectivity index (χ0) is 17.9. The smallest absolute Gasteiger partial charge is 0.660 e. The Morgan fingerprint density at radius 1 is 1.31 bits per heavy atom. The van der Waals surface area contributed by atoms with Crippen LogP contribution in [0.25, 0.3) is 5.32 Å². The first-order valence-corrected chi connectivity index (χ1v) is 10.2. The molecule has 3 atom stereocenters. The van der Waals surface area contributed by atoms with Gasteiger partial charge in [0.15, 0.2) is 5.79 Å². The fraction of sp³-hybridized carbons (Fsp3) is 0.905. The van der Waals surface area contributed by atoms with Crippen molar-refractivity contribution in [1.29, 1.82) is 0 Å². The predicted octanol–water partition coefficient (Wildman–Crippen LogP) is 1.84. The van der Waals surface area contributed by atoms with E-state index in [-0.39, 0.29) is 68.7 Å². The number of nitrogens with zero attached hydrogens (tertiary/aromatic N) is 1. The molecule has 144 valence electrons. The van der Waals surface area contributed by atoms with Crippen molar-refractivity contribution in [3.63, 3.8) is 0 Å². The van der Waals surface area contributed by atoms with Crippen LogP contribution >= 0.6 is 0 Å². The first-order chi connectivity index (χ1) is 11.9. The van der Waals surface area contributed by atoms with Crippen LogP contribution in [0.15, 0.2) is 11.6 Å². The Labute approximate surface area is 202 Å². The summed E-state index contributed by atoms with van der Waals surface area (Å²) in [5.41, 5.74) is 1.83. The van der Waals surface area contributed by atoms with Gasteiger partial charge in [0, 0.05) is 25.6 Å². The summed E-state index contributed by atoms with van der Waals surface area (Å²) in [5, 5.41) is 4.64. The van der Waals surface area contributed by atoms with Gasteiger partial charge < -0.3 is 19.5 Å². The maximum atomic E-state index is 6.33. The molecule has 3 unspecified atom stereocenters. The molecule has 2 heterocycles. The first kappa shape index (κ1) is 23.5. The van der Waals surface area contributed by atoms with Crippen molar-refractivity contribution in [3.05, 3.63) is 17.0 Å². The molecule has 2 fully saturated rings. The minimum absolute atomic E-state index is 0. The molecule has 1 spiro atoms. The van der Waals surface area contributed by atoms with Crippen LogP contribution in [0.4, 0.5) is 0 Å². The molecule has 0 aromatic rings. The Balaban J connectivity index is 0.00000243. The summed E-state index contributed by atoms with van der Waals surface area (Å²) in [7, 11) is 0. The molecule has 2 aliphatic heterocycles. The number of ether oxygens (including phenoxy) is 3. The molecule has 0 aromatic carbocycles. The molecule has 3 rings (SSSR count). The summed E-state index contributed by atoms with van der Waals surface area (Å²) in [6.07, 6.45) is 9.21. The van der Waals surface area contributed by atoms with E-state index in [1.165, 1.54) is 6.42 Å². The van der Waals surface area contributed by atoms with Crippen LogP contribution in [0.5, 0.6) is 0 Å². The van der Waals surface area contributed by atoms with E-state index in [9.17, 15) is 0 Å². The van der Waals surface area contributed by atoms with Gasteiger partial charge in [-0.2, -0.15) is 0 Å². The average Bonchev–Trinajstić information content (AvgIpc) is 3.22. The molecule has 0 saturated carbocycles. The van der Waals surface area contributed by atoms with Crippen LogP contribution in [0.1, 0.15) is 66.2 Å². The number of hydrogen-bond donors (Lipinski definition) is 0. The van der Waals surface area contributed by atoms with Gasteiger partial charge in [-0.3, -0.25) is 0 Å². The summed E-state index contributed by atoms with van der Waals surface area (Å²) in [5.74, 6) is 0.284. The third kappa shape index (κ3) is 5.86. The van der Waals surface area contributed by atoms with Crippen LogP contribution in [0.3, 0.4) is 0 Å². The standard InChI is InChI=1S/C21H36NO3.K/c1-16(2)20(3,4)17-7-10-21(11-8-17)24-15-19(25-21)9-12-22-14-18-6-5-13-23-18;/h7,16,18-19H,5-6,8-15H2,1-4H3;/q-1;+1. The zero-order valence-corrected chi connectivity index (χ0v) is 20.7. The van der Waals surface area contributed by atoms with Crippen molar-refractivity contribution in [2.24, 2.45) is 11.3 Å². The van der Waals surface area contributed by atoms with Crippen LogP contribution in [-0.4, -0.2) is 44.3 Å². The maximum absolute atomic E-state index is 6.33. The second-order valence-corrected chi connectivity index (χ2v) is 8.82. The van der Waals surface area contributed by atoms with Crippen molar-refractivity contribution in [3.8, 4) is 0 Å². The monoisotopic (exact) mass is 389 g/mol. The Morgan fingerprint density at radius 3 is 2.73 bits per heavy atom. The molecule has 5 heteroatoms. The minimum Gasteiger partial charge on any atom is -0.660 e. The molecule has 26 heavy (non-hydrogen) atoms. The average molecular weight is 390 g/mol. The van der Waals surface area contributed by atoms with Crippen molar-refractivity contribution in [2.45, 2.75) is 84.2 Å². The Morgan fingerprint density at radius 2 is 2.12 bits per heavy atom. The Kier molecular flexibility index (Phi) is 9.31. The largest absolute Gasteiger partial charge is 1.00 e. The zero-order valence-electron chi connectivity index (χ0n) is 17.6. The van der Waals surface area contributed by atoms with E-state index in [0.717, 1.165) is 51.8 Å².